The zero-order valence-electron chi connectivity index (χ0n) is 10.3. The van der Waals surface area contributed by atoms with Gasteiger partial charge in [0.1, 0.15) is 11.5 Å². The first kappa shape index (κ1) is 12.7. The summed E-state index contributed by atoms with van der Waals surface area (Å²) in [6, 6.07) is 1.65. The van der Waals surface area contributed by atoms with Crippen molar-refractivity contribution in [3.8, 4) is 0 Å². The largest absolute Gasteiger partial charge is 0.437 e. The number of aromatic nitrogens is 2. The van der Waals surface area contributed by atoms with Gasteiger partial charge in [0.25, 0.3) is 5.22 Å². The number of oxazole rings is 1. The van der Waals surface area contributed by atoms with Crippen LogP contribution < -0.4 is 5.32 Å². The van der Waals surface area contributed by atoms with Crippen LogP contribution in [0.15, 0.2) is 20.2 Å². The number of rotatable bonds is 4. The van der Waals surface area contributed by atoms with Crippen LogP contribution in [0.4, 0.5) is 5.82 Å². The van der Waals surface area contributed by atoms with Crippen LogP contribution in [0, 0.1) is 20.8 Å². The van der Waals surface area contributed by atoms with Gasteiger partial charge in [-0.05, 0) is 20.8 Å². The molecule has 0 fully saturated rings. The Bertz CT molecular complexity index is 542. The molecule has 7 heteroatoms. The number of carbonyl (C=O) groups excluding carboxylic acids is 1. The van der Waals surface area contributed by atoms with E-state index in [4.69, 9.17) is 8.94 Å². The van der Waals surface area contributed by atoms with Crippen molar-refractivity contribution in [3.05, 3.63) is 23.3 Å². The standard InChI is InChI=1S/C11H13N3O3S/c1-6-4-9(14-17-6)13-10(15)5-18-11-12-7(2)8(3)16-11/h4H,5H2,1-3H3,(H,13,14,15). The van der Waals surface area contributed by atoms with Crippen LogP contribution in [0.25, 0.3) is 0 Å². The molecule has 0 spiro atoms. The quantitative estimate of drug-likeness (QED) is 0.856. The Morgan fingerprint density at radius 2 is 2.22 bits per heavy atom. The number of hydrogen-bond donors (Lipinski definition) is 1. The predicted octanol–water partition coefficient (Wildman–Crippen LogP) is 2.32. The van der Waals surface area contributed by atoms with Crippen molar-refractivity contribution in [2.24, 2.45) is 0 Å². The topological polar surface area (TPSA) is 81.2 Å². The summed E-state index contributed by atoms with van der Waals surface area (Å²) in [5, 5.41) is 6.79. The van der Waals surface area contributed by atoms with Gasteiger partial charge in [-0.15, -0.1) is 0 Å². The maximum atomic E-state index is 11.6. The zero-order valence-corrected chi connectivity index (χ0v) is 11.1. The fourth-order valence-corrected chi connectivity index (χ4v) is 1.95. The summed E-state index contributed by atoms with van der Waals surface area (Å²) in [5.41, 5.74) is 0.838. The minimum Gasteiger partial charge on any atom is -0.437 e. The van der Waals surface area contributed by atoms with Crippen molar-refractivity contribution in [3.63, 3.8) is 0 Å². The Hall–Kier alpha value is -1.76. The molecule has 0 bridgehead atoms. The Labute approximate surface area is 108 Å². The van der Waals surface area contributed by atoms with E-state index in [1.54, 1.807) is 13.0 Å². The average Bonchev–Trinajstić information content (AvgIpc) is 2.84. The lowest BCUT2D eigenvalue weighted by Gasteiger charge is -1.98. The lowest BCUT2D eigenvalue weighted by molar-refractivity contribution is -0.113. The molecule has 2 aromatic rings. The highest BCUT2D eigenvalue weighted by molar-refractivity contribution is 7.99. The number of thioether (sulfide) groups is 1. The van der Waals surface area contributed by atoms with Crippen molar-refractivity contribution in [2.75, 3.05) is 11.1 Å². The summed E-state index contributed by atoms with van der Waals surface area (Å²) in [6.07, 6.45) is 0. The third-order valence-corrected chi connectivity index (χ3v) is 3.06. The van der Waals surface area contributed by atoms with Crippen LogP contribution in [0.3, 0.4) is 0 Å². The lowest BCUT2D eigenvalue weighted by Crippen LogP contribution is -2.14. The van der Waals surface area contributed by atoms with Gasteiger partial charge in [0.15, 0.2) is 5.82 Å². The van der Waals surface area contributed by atoms with Gasteiger partial charge in [-0.3, -0.25) is 4.79 Å². The molecule has 0 radical (unpaired) electrons. The molecule has 0 aliphatic rings. The van der Waals surface area contributed by atoms with Gasteiger partial charge in [0, 0.05) is 6.07 Å². The Morgan fingerprint density at radius 1 is 1.44 bits per heavy atom. The normalized spacial score (nSPS) is 10.6. The van der Waals surface area contributed by atoms with Crippen LogP contribution >= 0.6 is 11.8 Å². The molecular formula is C11H13N3O3S. The second kappa shape index (κ2) is 5.26. The fourth-order valence-electron chi connectivity index (χ4n) is 1.24. The number of carbonyl (C=O) groups is 1. The van der Waals surface area contributed by atoms with Crippen molar-refractivity contribution in [1.29, 1.82) is 0 Å². The third-order valence-electron chi connectivity index (χ3n) is 2.23. The van der Waals surface area contributed by atoms with E-state index in [1.807, 2.05) is 13.8 Å². The molecule has 0 atom stereocenters. The van der Waals surface area contributed by atoms with E-state index in [1.165, 1.54) is 11.8 Å². The lowest BCUT2D eigenvalue weighted by atomic mass is 10.4. The minimum absolute atomic E-state index is 0.179. The molecule has 0 aliphatic heterocycles. The molecule has 0 aliphatic carbocycles. The van der Waals surface area contributed by atoms with Crippen LogP contribution in [0.1, 0.15) is 17.2 Å². The molecule has 6 nitrogen and oxygen atoms in total. The molecule has 0 saturated heterocycles. The van der Waals surface area contributed by atoms with E-state index in [-0.39, 0.29) is 11.7 Å². The maximum absolute atomic E-state index is 11.6. The molecule has 1 N–H and O–H groups in total. The number of aryl methyl sites for hydroxylation is 3. The molecule has 96 valence electrons. The first-order valence-corrected chi connectivity index (χ1v) is 6.33. The highest BCUT2D eigenvalue weighted by Crippen LogP contribution is 2.20. The van der Waals surface area contributed by atoms with E-state index < -0.39 is 0 Å². The highest BCUT2D eigenvalue weighted by Gasteiger charge is 2.10. The van der Waals surface area contributed by atoms with Gasteiger partial charge >= 0.3 is 0 Å². The summed E-state index contributed by atoms with van der Waals surface area (Å²) in [6.45, 7) is 5.46. The van der Waals surface area contributed by atoms with E-state index >= 15 is 0 Å². The number of anilines is 1. The molecule has 18 heavy (non-hydrogen) atoms. The summed E-state index contributed by atoms with van der Waals surface area (Å²) in [7, 11) is 0. The molecule has 1 amide bonds. The maximum Gasteiger partial charge on any atom is 0.256 e. The second-order valence-corrected chi connectivity index (χ2v) is 4.71. The highest BCUT2D eigenvalue weighted by atomic mass is 32.2. The first-order chi connectivity index (χ1) is 8.54. The number of nitrogens with one attached hydrogen (secondary N) is 1. The molecule has 0 saturated carbocycles. The molecule has 2 aromatic heterocycles. The predicted molar refractivity (Wildman–Crippen MR) is 66.6 cm³/mol. The van der Waals surface area contributed by atoms with Gasteiger partial charge in [-0.2, -0.15) is 0 Å². The summed E-state index contributed by atoms with van der Waals surface area (Å²) in [4.78, 5) is 15.8. The number of nitrogens with zero attached hydrogens (tertiary/aromatic N) is 2. The van der Waals surface area contributed by atoms with Crippen molar-refractivity contribution >= 4 is 23.5 Å². The fraction of sp³-hybridized carbons (Fsp3) is 0.364. The van der Waals surface area contributed by atoms with Crippen molar-refractivity contribution < 1.29 is 13.7 Å². The SMILES string of the molecule is Cc1cc(NC(=O)CSc2nc(C)c(C)o2)no1. The van der Waals surface area contributed by atoms with Crippen LogP contribution in [0.2, 0.25) is 0 Å². The summed E-state index contributed by atoms with van der Waals surface area (Å²) in [5.74, 6) is 1.87. The Morgan fingerprint density at radius 3 is 2.78 bits per heavy atom. The minimum atomic E-state index is -0.179. The smallest absolute Gasteiger partial charge is 0.256 e. The number of amides is 1. The molecule has 0 aromatic carbocycles. The zero-order chi connectivity index (χ0) is 13.1. The second-order valence-electron chi connectivity index (χ2n) is 3.78. The van der Waals surface area contributed by atoms with Gasteiger partial charge in [0.05, 0.1) is 11.4 Å². The van der Waals surface area contributed by atoms with Crippen LogP contribution in [-0.2, 0) is 4.79 Å². The van der Waals surface area contributed by atoms with Gasteiger partial charge < -0.3 is 14.3 Å². The third kappa shape index (κ3) is 3.13. The van der Waals surface area contributed by atoms with Crippen molar-refractivity contribution in [2.45, 2.75) is 26.0 Å². The molecule has 2 heterocycles. The van der Waals surface area contributed by atoms with Crippen molar-refractivity contribution in [1.82, 2.24) is 10.1 Å². The molecule has 2 rings (SSSR count). The van der Waals surface area contributed by atoms with E-state index in [0.717, 1.165) is 11.5 Å². The van der Waals surface area contributed by atoms with Gasteiger partial charge in [-0.25, -0.2) is 4.98 Å². The van der Waals surface area contributed by atoms with Gasteiger partial charge in [-0.1, -0.05) is 16.9 Å². The number of hydrogen-bond acceptors (Lipinski definition) is 6. The summed E-state index contributed by atoms with van der Waals surface area (Å²) >= 11 is 1.24. The Balaban J connectivity index is 1.85. The van der Waals surface area contributed by atoms with E-state index in [0.29, 0.717) is 16.8 Å². The average molecular weight is 267 g/mol. The Kier molecular flexibility index (Phi) is 3.71. The van der Waals surface area contributed by atoms with Gasteiger partial charge in [0.2, 0.25) is 5.91 Å². The van der Waals surface area contributed by atoms with Crippen LogP contribution in [0.5, 0.6) is 0 Å². The molecular weight excluding hydrogens is 254 g/mol. The molecule has 0 unspecified atom stereocenters. The monoisotopic (exact) mass is 267 g/mol. The van der Waals surface area contributed by atoms with E-state index in [9.17, 15) is 4.79 Å². The van der Waals surface area contributed by atoms with E-state index in [2.05, 4.69) is 15.5 Å². The first-order valence-electron chi connectivity index (χ1n) is 5.34. The van der Waals surface area contributed by atoms with Crippen LogP contribution in [-0.4, -0.2) is 21.8 Å². The summed E-state index contributed by atoms with van der Waals surface area (Å²) < 4.78 is 10.2.